The third kappa shape index (κ3) is 4.46. The molecule has 14 atom stereocenters. The first-order valence-corrected chi connectivity index (χ1v) is 19.1. The maximum atomic E-state index is 14.5. The topological polar surface area (TPSA) is 172 Å². The van der Waals surface area contributed by atoms with Crippen molar-refractivity contribution in [1.29, 1.82) is 0 Å². The molecule has 12 nitrogen and oxygen atoms in total. The Morgan fingerprint density at radius 2 is 1.54 bits per heavy atom. The van der Waals surface area contributed by atoms with Gasteiger partial charge < -0.3 is 33.9 Å². The highest BCUT2D eigenvalue weighted by Gasteiger charge is 2.92. The molecular formula is C42H54O12. The minimum Gasteiger partial charge on any atom is -0.493 e. The molecule has 294 valence electrons. The fraction of sp³-hybridized carbons (Fsp3) is 0.690. The third-order valence-corrected chi connectivity index (χ3v) is 15.7. The van der Waals surface area contributed by atoms with E-state index in [1.165, 1.54) is 27.9 Å². The molecule has 12 heteroatoms. The van der Waals surface area contributed by atoms with E-state index >= 15 is 0 Å². The Morgan fingerprint density at radius 3 is 2.13 bits per heavy atom. The summed E-state index contributed by atoms with van der Waals surface area (Å²) in [4.78, 5) is 68.4. The van der Waals surface area contributed by atoms with E-state index in [-0.39, 0.29) is 48.7 Å². The standard InChI is InChI=1S/C42H54O12/c1-21-17-38(7)28-16-26(45)30(50-10)22(2)37(28,6)18-27(51-23(3)43)31(38)42(21)40(9,49)32(46)33(53-34(47)25-14-12-11-13-15-25)39(8)29(52-24(4)44)19-36(5)20-41(39,42)54-35(36)48/h11-15,21,27-29,31-33,46,49H,16-20H2,1-10H3. The van der Waals surface area contributed by atoms with Crippen molar-refractivity contribution in [1.82, 2.24) is 0 Å². The Labute approximate surface area is 316 Å². The minimum atomic E-state index is -2.19. The van der Waals surface area contributed by atoms with E-state index < -0.39 is 98.4 Å². The molecule has 2 N–H and O–H groups in total. The summed E-state index contributed by atoms with van der Waals surface area (Å²) < 4.78 is 31.3. The Balaban J connectivity index is 1.54. The summed E-state index contributed by atoms with van der Waals surface area (Å²) in [5.41, 5.74) is -9.02. The number of ether oxygens (including phenoxy) is 5. The van der Waals surface area contributed by atoms with Crippen LogP contribution in [0.25, 0.3) is 0 Å². The number of carbonyl (C=O) groups is 5. The minimum absolute atomic E-state index is 0.0106. The predicted octanol–water partition coefficient (Wildman–Crippen LogP) is 4.87. The van der Waals surface area contributed by atoms with Crippen LogP contribution in [0.3, 0.4) is 0 Å². The highest BCUT2D eigenvalue weighted by Crippen LogP contribution is 2.83. The Morgan fingerprint density at radius 1 is 0.907 bits per heavy atom. The van der Waals surface area contributed by atoms with Gasteiger partial charge in [-0.05, 0) is 80.9 Å². The lowest BCUT2D eigenvalue weighted by Crippen LogP contribution is -2.86. The second kappa shape index (κ2) is 11.9. The Kier molecular flexibility index (Phi) is 8.46. The average Bonchev–Trinajstić information content (AvgIpc) is 3.48. The van der Waals surface area contributed by atoms with Crippen LogP contribution in [-0.2, 0) is 42.9 Å². The number of benzene rings is 1. The quantitative estimate of drug-likeness (QED) is 0.310. The summed E-state index contributed by atoms with van der Waals surface area (Å²) in [7, 11) is 1.47. The maximum absolute atomic E-state index is 14.5. The summed E-state index contributed by atoms with van der Waals surface area (Å²) >= 11 is 0. The van der Waals surface area contributed by atoms with Gasteiger partial charge in [0.2, 0.25) is 0 Å². The lowest BCUT2D eigenvalue weighted by molar-refractivity contribution is -0.381. The van der Waals surface area contributed by atoms with Gasteiger partial charge in [0.25, 0.3) is 0 Å². The summed E-state index contributed by atoms with van der Waals surface area (Å²) in [6.45, 7) is 15.5. The molecule has 4 saturated carbocycles. The normalized spacial score (nSPS) is 47.6. The van der Waals surface area contributed by atoms with E-state index in [1.807, 2.05) is 13.8 Å². The van der Waals surface area contributed by atoms with Gasteiger partial charge in [-0.1, -0.05) is 39.0 Å². The molecule has 2 spiro atoms. The lowest BCUT2D eigenvalue weighted by Gasteiger charge is -2.73. The second-order valence-electron chi connectivity index (χ2n) is 18.4. The number of allylic oxidation sites excluding steroid dienone is 2. The van der Waals surface area contributed by atoms with Crippen molar-refractivity contribution in [3.8, 4) is 0 Å². The van der Waals surface area contributed by atoms with E-state index in [2.05, 4.69) is 13.8 Å². The maximum Gasteiger partial charge on any atom is 0.338 e. The van der Waals surface area contributed by atoms with Crippen LogP contribution in [-0.4, -0.2) is 82.6 Å². The number of Topliss-reactive ketones (excluding diaryl/α,β-unsaturated/α-hetero) is 1. The summed E-state index contributed by atoms with van der Waals surface area (Å²) in [5.74, 6) is -4.13. The third-order valence-electron chi connectivity index (χ3n) is 15.7. The average molecular weight is 751 g/mol. The van der Waals surface area contributed by atoms with Crippen LogP contribution < -0.4 is 0 Å². The molecule has 0 aromatic heterocycles. The number of fused-ring (bicyclic) bond motifs is 5. The number of hydrogen-bond donors (Lipinski definition) is 2. The van der Waals surface area contributed by atoms with Gasteiger partial charge in [-0.25, -0.2) is 4.79 Å². The number of esters is 4. The molecule has 6 aliphatic rings. The van der Waals surface area contributed by atoms with Crippen LogP contribution >= 0.6 is 0 Å². The molecule has 54 heavy (non-hydrogen) atoms. The molecule has 1 aliphatic heterocycles. The first-order chi connectivity index (χ1) is 25.0. The number of carbonyl (C=O) groups excluding carboxylic acids is 5. The smallest absolute Gasteiger partial charge is 0.338 e. The summed E-state index contributed by atoms with van der Waals surface area (Å²) in [6, 6.07) is 8.22. The molecule has 1 aromatic rings. The molecule has 1 saturated heterocycles. The van der Waals surface area contributed by atoms with Crippen molar-refractivity contribution in [2.75, 3.05) is 7.11 Å². The van der Waals surface area contributed by atoms with Crippen LogP contribution in [0, 0.1) is 44.8 Å². The first kappa shape index (κ1) is 38.5. The van der Waals surface area contributed by atoms with Crippen molar-refractivity contribution in [2.24, 2.45) is 44.8 Å². The number of hydrogen-bond acceptors (Lipinski definition) is 12. The predicted molar refractivity (Wildman–Crippen MR) is 191 cm³/mol. The molecule has 2 bridgehead atoms. The number of rotatable bonds is 5. The molecular weight excluding hydrogens is 696 g/mol. The van der Waals surface area contributed by atoms with Crippen LogP contribution in [0.5, 0.6) is 0 Å². The zero-order valence-corrected chi connectivity index (χ0v) is 32.9. The first-order valence-electron chi connectivity index (χ1n) is 19.1. The van der Waals surface area contributed by atoms with E-state index in [9.17, 15) is 34.2 Å². The van der Waals surface area contributed by atoms with Crippen molar-refractivity contribution in [3.05, 3.63) is 47.2 Å². The van der Waals surface area contributed by atoms with Gasteiger partial charge in [-0.15, -0.1) is 0 Å². The highest BCUT2D eigenvalue weighted by molar-refractivity contribution is 5.96. The van der Waals surface area contributed by atoms with Crippen LogP contribution in [0.1, 0.15) is 105 Å². The van der Waals surface area contributed by atoms with Crippen molar-refractivity contribution >= 4 is 29.7 Å². The van der Waals surface area contributed by atoms with Crippen molar-refractivity contribution in [2.45, 2.75) is 130 Å². The molecule has 1 aromatic carbocycles. The van der Waals surface area contributed by atoms with Crippen LogP contribution in [0.2, 0.25) is 0 Å². The molecule has 1 heterocycles. The fourth-order valence-corrected chi connectivity index (χ4v) is 13.9. The molecule has 7 rings (SSSR count). The van der Waals surface area contributed by atoms with Gasteiger partial charge in [0, 0.05) is 39.0 Å². The Hall–Kier alpha value is -3.77. The number of aliphatic hydroxyl groups excluding tert-OH is 1. The zero-order valence-electron chi connectivity index (χ0n) is 32.9. The van der Waals surface area contributed by atoms with Gasteiger partial charge in [-0.2, -0.15) is 0 Å². The number of methoxy groups -OCH3 is 1. The highest BCUT2D eigenvalue weighted by atomic mass is 16.6. The van der Waals surface area contributed by atoms with E-state index in [1.54, 1.807) is 44.2 Å². The summed E-state index contributed by atoms with van der Waals surface area (Å²) in [5, 5.41) is 26.3. The van der Waals surface area contributed by atoms with E-state index in [0.717, 1.165) is 5.57 Å². The van der Waals surface area contributed by atoms with Gasteiger partial charge in [0.05, 0.1) is 28.9 Å². The molecule has 0 radical (unpaired) electrons. The van der Waals surface area contributed by atoms with Crippen molar-refractivity contribution < 1.29 is 57.9 Å². The second-order valence-corrected chi connectivity index (χ2v) is 18.4. The van der Waals surface area contributed by atoms with Gasteiger partial charge in [0.15, 0.2) is 11.5 Å². The molecule has 5 fully saturated rings. The van der Waals surface area contributed by atoms with Gasteiger partial charge in [0.1, 0.15) is 35.6 Å². The lowest BCUT2D eigenvalue weighted by atomic mass is 9.33. The molecule has 0 amide bonds. The van der Waals surface area contributed by atoms with Crippen molar-refractivity contribution in [3.63, 3.8) is 0 Å². The molecule has 5 aliphatic carbocycles. The van der Waals surface area contributed by atoms with Gasteiger partial charge >= 0.3 is 23.9 Å². The van der Waals surface area contributed by atoms with Crippen LogP contribution in [0.4, 0.5) is 0 Å². The Bertz CT molecular complexity index is 1850. The molecule has 14 unspecified atom stereocenters. The number of ketones is 1. The largest absolute Gasteiger partial charge is 0.493 e. The summed E-state index contributed by atoms with van der Waals surface area (Å²) in [6.07, 6.45) is -4.57. The fourth-order valence-electron chi connectivity index (χ4n) is 13.9. The van der Waals surface area contributed by atoms with Crippen LogP contribution in [0.15, 0.2) is 41.7 Å². The number of aliphatic hydroxyl groups is 2. The monoisotopic (exact) mass is 750 g/mol. The van der Waals surface area contributed by atoms with Gasteiger partial charge in [-0.3, -0.25) is 19.2 Å². The van der Waals surface area contributed by atoms with E-state index in [0.29, 0.717) is 6.42 Å². The zero-order chi connectivity index (χ0) is 39.8. The SMILES string of the molecule is COC1=C(C)C2(C)CC(OC(C)=O)C3C(C)(CC(C)C34C(C)(O)C(O)C(OC(=O)c3ccccc3)C3(C)C(OC(C)=O)CC5(C)CC34OC5=O)C2CC1=O. The van der Waals surface area contributed by atoms with E-state index in [4.69, 9.17) is 23.7 Å².